The summed E-state index contributed by atoms with van der Waals surface area (Å²) in [6, 6.07) is 0. The van der Waals surface area contributed by atoms with E-state index in [-0.39, 0.29) is 17.7 Å². The van der Waals surface area contributed by atoms with Crippen molar-refractivity contribution in [3.05, 3.63) is 0 Å². The molecule has 1 aliphatic carbocycles. The van der Waals surface area contributed by atoms with Crippen LogP contribution < -0.4 is 0 Å². The van der Waals surface area contributed by atoms with Gasteiger partial charge in [0.15, 0.2) is 0 Å². The topological polar surface area (TPSA) is 43.4 Å². The molecule has 3 heteroatoms. The first-order valence-corrected chi connectivity index (χ1v) is 4.23. The number of Topliss-reactive ketones (excluding diaryl/α,β-unsaturated/α-hetero) is 1. The maximum Gasteiger partial charge on any atom is 0.309 e. The molecule has 0 aliphatic heterocycles. The van der Waals surface area contributed by atoms with E-state index in [4.69, 9.17) is 0 Å². The quantitative estimate of drug-likeness (QED) is 0.555. The van der Waals surface area contributed by atoms with Crippen LogP contribution in [0.2, 0.25) is 0 Å². The molecule has 0 spiro atoms. The molecule has 0 aromatic carbocycles. The van der Waals surface area contributed by atoms with Gasteiger partial charge in [0.2, 0.25) is 0 Å². The van der Waals surface area contributed by atoms with Crippen LogP contribution in [0, 0.1) is 11.8 Å². The van der Waals surface area contributed by atoms with Crippen molar-refractivity contribution >= 4 is 11.8 Å². The van der Waals surface area contributed by atoms with Crippen molar-refractivity contribution in [3.8, 4) is 0 Å². The fourth-order valence-electron chi connectivity index (χ4n) is 1.75. The van der Waals surface area contributed by atoms with Gasteiger partial charge in [-0.2, -0.15) is 0 Å². The van der Waals surface area contributed by atoms with Gasteiger partial charge in [-0.25, -0.2) is 0 Å². The van der Waals surface area contributed by atoms with Crippen molar-refractivity contribution in [1.82, 2.24) is 0 Å². The van der Waals surface area contributed by atoms with E-state index in [1.807, 2.05) is 6.92 Å². The maximum atomic E-state index is 11.1. The Labute approximate surface area is 72.1 Å². The Morgan fingerprint density at radius 2 is 2.17 bits per heavy atom. The van der Waals surface area contributed by atoms with Gasteiger partial charge in [-0.3, -0.25) is 9.59 Å². The van der Waals surface area contributed by atoms with Gasteiger partial charge in [0.1, 0.15) is 5.78 Å². The summed E-state index contributed by atoms with van der Waals surface area (Å²) in [7, 11) is 1.37. The van der Waals surface area contributed by atoms with Gasteiger partial charge in [0.25, 0.3) is 0 Å². The molecule has 2 atom stereocenters. The van der Waals surface area contributed by atoms with Crippen molar-refractivity contribution in [2.45, 2.75) is 26.2 Å². The number of ether oxygens (including phenoxy) is 1. The van der Waals surface area contributed by atoms with E-state index >= 15 is 0 Å². The second-order valence-electron chi connectivity index (χ2n) is 3.51. The first kappa shape index (κ1) is 9.23. The Hall–Kier alpha value is -0.860. The van der Waals surface area contributed by atoms with Crippen molar-refractivity contribution in [2.24, 2.45) is 11.8 Å². The van der Waals surface area contributed by atoms with E-state index in [9.17, 15) is 9.59 Å². The summed E-state index contributed by atoms with van der Waals surface area (Å²) in [5.41, 5.74) is 0. The monoisotopic (exact) mass is 170 g/mol. The number of carbonyl (C=O) groups excluding carboxylic acids is 2. The third-order valence-corrected chi connectivity index (χ3v) is 2.27. The largest absolute Gasteiger partial charge is 0.469 e. The number of hydrogen-bond acceptors (Lipinski definition) is 3. The third kappa shape index (κ3) is 2.06. The molecule has 1 aliphatic rings. The van der Waals surface area contributed by atoms with Crippen LogP contribution in [-0.4, -0.2) is 18.9 Å². The molecule has 0 amide bonds. The Balaban J connectivity index is 2.55. The number of rotatable bonds is 1. The number of hydrogen-bond donors (Lipinski definition) is 0. The Morgan fingerprint density at radius 1 is 1.50 bits per heavy atom. The zero-order valence-electron chi connectivity index (χ0n) is 7.50. The Bertz CT molecular complexity index is 198. The molecule has 68 valence electrons. The summed E-state index contributed by atoms with van der Waals surface area (Å²) in [5, 5.41) is 0. The van der Waals surface area contributed by atoms with Gasteiger partial charge in [-0.1, -0.05) is 6.92 Å². The SMILES string of the molecule is COC(=O)C1CC(=O)CC(C)C1. The Morgan fingerprint density at radius 3 is 2.67 bits per heavy atom. The third-order valence-electron chi connectivity index (χ3n) is 2.27. The molecule has 0 bridgehead atoms. The zero-order chi connectivity index (χ0) is 9.14. The number of carbonyl (C=O) groups is 2. The first-order chi connectivity index (χ1) is 5.63. The molecule has 1 rings (SSSR count). The highest BCUT2D eigenvalue weighted by atomic mass is 16.5. The fraction of sp³-hybridized carbons (Fsp3) is 0.778. The van der Waals surface area contributed by atoms with Crippen LogP contribution in [0.3, 0.4) is 0 Å². The summed E-state index contributed by atoms with van der Waals surface area (Å²) in [5.74, 6) is 0.0839. The van der Waals surface area contributed by atoms with Crippen molar-refractivity contribution in [3.63, 3.8) is 0 Å². The predicted molar refractivity (Wildman–Crippen MR) is 43.5 cm³/mol. The van der Waals surface area contributed by atoms with Gasteiger partial charge < -0.3 is 4.74 Å². The van der Waals surface area contributed by atoms with E-state index in [1.54, 1.807) is 0 Å². The van der Waals surface area contributed by atoms with Crippen molar-refractivity contribution in [2.75, 3.05) is 7.11 Å². The van der Waals surface area contributed by atoms with Crippen molar-refractivity contribution < 1.29 is 14.3 Å². The highest BCUT2D eigenvalue weighted by molar-refractivity contribution is 5.85. The molecule has 1 fully saturated rings. The van der Waals surface area contributed by atoms with Gasteiger partial charge in [-0.05, 0) is 12.3 Å². The van der Waals surface area contributed by atoms with E-state index in [2.05, 4.69) is 4.74 Å². The van der Waals surface area contributed by atoms with Crippen LogP contribution in [0.1, 0.15) is 26.2 Å². The molecule has 3 nitrogen and oxygen atoms in total. The minimum Gasteiger partial charge on any atom is -0.469 e. The summed E-state index contributed by atoms with van der Waals surface area (Å²) < 4.78 is 4.60. The van der Waals surface area contributed by atoms with E-state index in [0.29, 0.717) is 18.8 Å². The predicted octanol–water partition coefficient (Wildman–Crippen LogP) is 1.16. The molecular weight excluding hydrogens is 156 g/mol. The molecule has 0 aromatic rings. The van der Waals surface area contributed by atoms with Crippen LogP contribution in [0.25, 0.3) is 0 Å². The van der Waals surface area contributed by atoms with Gasteiger partial charge in [0, 0.05) is 12.8 Å². The molecule has 12 heavy (non-hydrogen) atoms. The lowest BCUT2D eigenvalue weighted by Gasteiger charge is -2.23. The molecule has 0 radical (unpaired) electrons. The van der Waals surface area contributed by atoms with E-state index < -0.39 is 0 Å². The number of ketones is 1. The van der Waals surface area contributed by atoms with Gasteiger partial charge in [-0.15, -0.1) is 0 Å². The molecular formula is C9H14O3. The highest BCUT2D eigenvalue weighted by Gasteiger charge is 2.30. The van der Waals surface area contributed by atoms with Crippen molar-refractivity contribution in [1.29, 1.82) is 0 Å². The molecule has 0 N–H and O–H groups in total. The summed E-state index contributed by atoms with van der Waals surface area (Å²) in [4.78, 5) is 22.2. The molecule has 2 unspecified atom stereocenters. The molecule has 0 aromatic heterocycles. The average Bonchev–Trinajstić information content (AvgIpc) is 2.01. The average molecular weight is 170 g/mol. The van der Waals surface area contributed by atoms with Crippen LogP contribution >= 0.6 is 0 Å². The summed E-state index contributed by atoms with van der Waals surface area (Å²) in [6.07, 6.45) is 1.78. The summed E-state index contributed by atoms with van der Waals surface area (Å²) >= 11 is 0. The van der Waals surface area contributed by atoms with Crippen LogP contribution in [0.5, 0.6) is 0 Å². The highest BCUT2D eigenvalue weighted by Crippen LogP contribution is 2.26. The van der Waals surface area contributed by atoms with E-state index in [1.165, 1.54) is 7.11 Å². The second kappa shape index (κ2) is 3.70. The summed E-state index contributed by atoms with van der Waals surface area (Å²) in [6.45, 7) is 1.99. The minimum absolute atomic E-state index is 0.184. The second-order valence-corrected chi connectivity index (χ2v) is 3.51. The Kier molecular flexibility index (Phi) is 2.84. The van der Waals surface area contributed by atoms with Crippen LogP contribution in [-0.2, 0) is 14.3 Å². The fourth-order valence-corrected chi connectivity index (χ4v) is 1.75. The lowest BCUT2D eigenvalue weighted by molar-refractivity contribution is -0.149. The standard InChI is InChI=1S/C9H14O3/c1-6-3-7(9(11)12-2)5-8(10)4-6/h6-7H,3-5H2,1-2H3. The molecule has 0 saturated heterocycles. The molecule has 0 heterocycles. The van der Waals surface area contributed by atoms with E-state index in [0.717, 1.165) is 6.42 Å². The van der Waals surface area contributed by atoms with Crippen LogP contribution in [0.4, 0.5) is 0 Å². The van der Waals surface area contributed by atoms with Crippen LogP contribution in [0.15, 0.2) is 0 Å². The zero-order valence-corrected chi connectivity index (χ0v) is 7.50. The van der Waals surface area contributed by atoms with Gasteiger partial charge >= 0.3 is 5.97 Å². The minimum atomic E-state index is -0.241. The number of methoxy groups -OCH3 is 1. The maximum absolute atomic E-state index is 11.1. The lowest BCUT2D eigenvalue weighted by atomic mass is 9.82. The first-order valence-electron chi connectivity index (χ1n) is 4.23. The normalized spacial score (nSPS) is 30.0. The molecule has 1 saturated carbocycles. The lowest BCUT2D eigenvalue weighted by Crippen LogP contribution is -2.27. The number of esters is 1. The van der Waals surface area contributed by atoms with Gasteiger partial charge in [0.05, 0.1) is 13.0 Å². The smallest absolute Gasteiger partial charge is 0.309 e.